The minimum atomic E-state index is -0.527. The van der Waals surface area contributed by atoms with Crippen molar-refractivity contribution in [1.82, 2.24) is 4.57 Å². The number of aryl methyl sites for hydroxylation is 1. The van der Waals surface area contributed by atoms with Crippen LogP contribution in [0, 0.1) is 0 Å². The van der Waals surface area contributed by atoms with Gasteiger partial charge in [-0.3, -0.25) is 24.1 Å². The van der Waals surface area contributed by atoms with Crippen LogP contribution in [0.5, 0.6) is 0 Å². The van der Waals surface area contributed by atoms with Gasteiger partial charge in [-0.1, -0.05) is 36.8 Å². The minimum Gasteiger partial charge on any atom is -0.465 e. The van der Waals surface area contributed by atoms with Crippen LogP contribution < -0.4 is 9.70 Å². The van der Waals surface area contributed by atoms with Crippen LogP contribution in [0.2, 0.25) is 0 Å². The Labute approximate surface area is 206 Å². The smallest absolute Gasteiger partial charge is 0.326 e. The Morgan fingerprint density at radius 3 is 2.54 bits per heavy atom. The van der Waals surface area contributed by atoms with Crippen molar-refractivity contribution in [1.29, 1.82) is 0 Å². The summed E-state index contributed by atoms with van der Waals surface area (Å²) in [6, 6.07) is 12.4. The second-order valence-corrected chi connectivity index (χ2v) is 9.28. The van der Waals surface area contributed by atoms with Crippen molar-refractivity contribution in [3.63, 3.8) is 0 Å². The van der Waals surface area contributed by atoms with Gasteiger partial charge in [-0.15, -0.1) is 0 Å². The summed E-state index contributed by atoms with van der Waals surface area (Å²) in [5, 5.41) is 0. The van der Waals surface area contributed by atoms with Crippen LogP contribution in [0.3, 0.4) is 0 Å². The molecule has 0 atom stereocenters. The van der Waals surface area contributed by atoms with Gasteiger partial charge in [-0.05, 0) is 55.7 Å². The summed E-state index contributed by atoms with van der Waals surface area (Å²) in [6.45, 7) is 4.08. The fourth-order valence-corrected chi connectivity index (χ4v) is 5.11. The van der Waals surface area contributed by atoms with E-state index in [1.807, 2.05) is 12.1 Å². The van der Waals surface area contributed by atoms with Gasteiger partial charge in [0.05, 0.1) is 22.5 Å². The van der Waals surface area contributed by atoms with Gasteiger partial charge in [0.1, 0.15) is 6.54 Å². The highest BCUT2D eigenvalue weighted by molar-refractivity contribution is 7.16. The van der Waals surface area contributed by atoms with Gasteiger partial charge in [-0.2, -0.15) is 4.99 Å². The summed E-state index contributed by atoms with van der Waals surface area (Å²) in [7, 11) is 0. The van der Waals surface area contributed by atoms with Gasteiger partial charge in [0, 0.05) is 18.4 Å². The largest absolute Gasteiger partial charge is 0.465 e. The van der Waals surface area contributed by atoms with Crippen molar-refractivity contribution in [2.45, 2.75) is 52.5 Å². The van der Waals surface area contributed by atoms with E-state index in [9.17, 15) is 19.2 Å². The number of rotatable bonds is 8. The van der Waals surface area contributed by atoms with Gasteiger partial charge in [0.25, 0.3) is 5.91 Å². The standard InChI is InChI=1S/C26H27N3O5S/c1-3-5-7-17-10-11-20-21(14-17)35-26(28(20)16-24(32)34-4-2)27-25(33)18-8-6-9-19(15-18)29-22(30)12-13-23(29)31/h6,8-11,14-15H,3-5,7,12-13,16H2,1-2H3. The molecule has 4 rings (SSSR count). The molecule has 3 amide bonds. The first-order chi connectivity index (χ1) is 16.9. The molecule has 1 saturated heterocycles. The lowest BCUT2D eigenvalue weighted by atomic mass is 10.1. The first-order valence-electron chi connectivity index (χ1n) is 11.7. The quantitative estimate of drug-likeness (QED) is 0.349. The monoisotopic (exact) mass is 493 g/mol. The fraction of sp³-hybridized carbons (Fsp3) is 0.346. The van der Waals surface area contributed by atoms with Crippen LogP contribution in [0.15, 0.2) is 47.5 Å². The molecule has 0 radical (unpaired) electrons. The molecule has 0 aliphatic carbocycles. The van der Waals surface area contributed by atoms with E-state index in [0.717, 1.165) is 34.4 Å². The molecule has 0 N–H and O–H groups in total. The zero-order valence-corrected chi connectivity index (χ0v) is 20.6. The van der Waals surface area contributed by atoms with E-state index in [-0.39, 0.29) is 43.4 Å². The summed E-state index contributed by atoms with van der Waals surface area (Å²) in [5.74, 6) is -1.51. The summed E-state index contributed by atoms with van der Waals surface area (Å²) in [5.41, 5.74) is 2.60. The Morgan fingerprint density at radius 2 is 1.83 bits per heavy atom. The molecule has 182 valence electrons. The molecule has 0 saturated carbocycles. The lowest BCUT2D eigenvalue weighted by Crippen LogP contribution is -2.28. The van der Waals surface area contributed by atoms with E-state index in [1.165, 1.54) is 23.0 Å². The van der Waals surface area contributed by atoms with Gasteiger partial charge >= 0.3 is 5.97 Å². The molecule has 1 aliphatic rings. The molecule has 1 aromatic heterocycles. The zero-order chi connectivity index (χ0) is 24.9. The first kappa shape index (κ1) is 24.5. The number of unbranched alkanes of at least 4 members (excludes halogenated alkanes) is 1. The molecule has 9 heteroatoms. The second-order valence-electron chi connectivity index (χ2n) is 8.27. The number of aromatic nitrogens is 1. The van der Waals surface area contributed by atoms with E-state index in [1.54, 1.807) is 29.7 Å². The van der Waals surface area contributed by atoms with Crippen LogP contribution in [-0.2, 0) is 32.1 Å². The second kappa shape index (κ2) is 10.8. The number of anilines is 1. The predicted molar refractivity (Wildman–Crippen MR) is 133 cm³/mol. The number of amides is 3. The number of carbonyl (C=O) groups excluding carboxylic acids is 4. The Bertz CT molecular complexity index is 1350. The van der Waals surface area contributed by atoms with Crippen LogP contribution in [0.1, 0.15) is 55.5 Å². The Balaban J connectivity index is 1.73. The van der Waals surface area contributed by atoms with Crippen LogP contribution >= 0.6 is 11.3 Å². The number of hydrogen-bond donors (Lipinski definition) is 0. The summed E-state index contributed by atoms with van der Waals surface area (Å²) >= 11 is 1.33. The number of carbonyl (C=O) groups is 4. The van der Waals surface area contributed by atoms with Crippen molar-refractivity contribution in [2.75, 3.05) is 11.5 Å². The maximum atomic E-state index is 13.1. The van der Waals surface area contributed by atoms with Gasteiger partial charge in [0.15, 0.2) is 4.80 Å². The summed E-state index contributed by atoms with van der Waals surface area (Å²) < 4.78 is 7.75. The van der Waals surface area contributed by atoms with Gasteiger partial charge in [0.2, 0.25) is 11.8 Å². The Kier molecular flexibility index (Phi) is 7.55. The number of esters is 1. The maximum absolute atomic E-state index is 13.1. The molecule has 2 heterocycles. The highest BCUT2D eigenvalue weighted by Crippen LogP contribution is 2.24. The number of fused-ring (bicyclic) bond motifs is 1. The van der Waals surface area contributed by atoms with Crippen LogP contribution in [0.4, 0.5) is 5.69 Å². The third-order valence-corrected chi connectivity index (χ3v) is 6.80. The van der Waals surface area contributed by atoms with E-state index in [4.69, 9.17) is 4.74 Å². The van der Waals surface area contributed by atoms with E-state index in [2.05, 4.69) is 18.0 Å². The van der Waals surface area contributed by atoms with Crippen molar-refractivity contribution >= 4 is 50.9 Å². The third-order valence-electron chi connectivity index (χ3n) is 5.76. The minimum absolute atomic E-state index is 0.0644. The number of ether oxygens (including phenoxy) is 1. The molecule has 1 aliphatic heterocycles. The lowest BCUT2D eigenvalue weighted by molar-refractivity contribution is -0.143. The average molecular weight is 494 g/mol. The topological polar surface area (TPSA) is 98.0 Å². The Morgan fingerprint density at radius 1 is 1.06 bits per heavy atom. The molecule has 0 unspecified atom stereocenters. The van der Waals surface area contributed by atoms with Gasteiger partial charge in [-0.25, -0.2) is 0 Å². The summed E-state index contributed by atoms with van der Waals surface area (Å²) in [6.07, 6.45) is 3.45. The molecule has 1 fully saturated rings. The van der Waals surface area contributed by atoms with Crippen molar-refractivity contribution in [3.8, 4) is 0 Å². The van der Waals surface area contributed by atoms with E-state index < -0.39 is 11.9 Å². The number of hydrogen-bond acceptors (Lipinski definition) is 6. The predicted octanol–water partition coefficient (Wildman–Crippen LogP) is 4.00. The third kappa shape index (κ3) is 5.40. The molecule has 2 aromatic carbocycles. The molecular formula is C26H27N3O5S. The van der Waals surface area contributed by atoms with Crippen molar-refractivity contribution in [2.24, 2.45) is 4.99 Å². The first-order valence-corrected chi connectivity index (χ1v) is 12.6. The number of thiazole rings is 1. The molecule has 0 bridgehead atoms. The van der Waals surface area contributed by atoms with Crippen LogP contribution in [0.25, 0.3) is 10.2 Å². The summed E-state index contributed by atoms with van der Waals surface area (Å²) in [4.78, 5) is 55.4. The maximum Gasteiger partial charge on any atom is 0.326 e. The zero-order valence-electron chi connectivity index (χ0n) is 19.8. The normalized spacial score (nSPS) is 14.2. The van der Waals surface area contributed by atoms with Crippen LogP contribution in [-0.4, -0.2) is 34.9 Å². The van der Waals surface area contributed by atoms with Crippen molar-refractivity contribution in [3.05, 3.63) is 58.4 Å². The SMILES string of the molecule is CCCCc1ccc2c(c1)sc(=NC(=O)c1cccc(N3C(=O)CCC3=O)c1)n2CC(=O)OCC. The number of nitrogens with zero attached hydrogens (tertiary/aromatic N) is 3. The molecule has 8 nitrogen and oxygen atoms in total. The average Bonchev–Trinajstić information content (AvgIpc) is 3.36. The highest BCUT2D eigenvalue weighted by atomic mass is 32.1. The molecule has 35 heavy (non-hydrogen) atoms. The van der Waals surface area contributed by atoms with Crippen molar-refractivity contribution < 1.29 is 23.9 Å². The number of imide groups is 1. The Hall–Kier alpha value is -3.59. The fourth-order valence-electron chi connectivity index (χ4n) is 4.02. The van der Waals surface area contributed by atoms with Gasteiger partial charge < -0.3 is 9.30 Å². The van der Waals surface area contributed by atoms with E-state index in [0.29, 0.717) is 10.5 Å². The lowest BCUT2D eigenvalue weighted by Gasteiger charge is -2.14. The highest BCUT2D eigenvalue weighted by Gasteiger charge is 2.30. The van der Waals surface area contributed by atoms with E-state index >= 15 is 0 Å². The molecule has 3 aromatic rings. The number of benzene rings is 2. The molecular weight excluding hydrogens is 466 g/mol. The molecule has 0 spiro atoms.